The lowest BCUT2D eigenvalue weighted by molar-refractivity contribution is -0.139. The van der Waals surface area contributed by atoms with Gasteiger partial charge in [0.1, 0.15) is 0 Å². The first-order chi connectivity index (χ1) is 13.2. The highest BCUT2D eigenvalue weighted by molar-refractivity contribution is 7.92. The van der Waals surface area contributed by atoms with Crippen molar-refractivity contribution in [3.63, 3.8) is 0 Å². The fourth-order valence-electron chi connectivity index (χ4n) is 2.61. The van der Waals surface area contributed by atoms with E-state index in [1.165, 1.54) is 28.8 Å². The lowest BCUT2D eigenvalue weighted by Gasteiger charge is -2.14. The Bertz CT molecular complexity index is 1140. The maximum absolute atomic E-state index is 13.1. The average Bonchev–Trinajstić information content (AvgIpc) is 2.64. The van der Waals surface area contributed by atoms with Crippen molar-refractivity contribution in [1.29, 1.82) is 0 Å². The number of anilines is 1. The molecule has 0 radical (unpaired) electrons. The minimum Gasteiger partial charge on any atom is -0.311 e. The summed E-state index contributed by atoms with van der Waals surface area (Å²) in [5, 5.41) is 0. The molecular formula is C19H15F3N2O3S. The Morgan fingerprint density at radius 3 is 2.18 bits per heavy atom. The van der Waals surface area contributed by atoms with Crippen molar-refractivity contribution >= 4 is 15.7 Å². The normalized spacial score (nSPS) is 12.0. The molecular weight excluding hydrogens is 393 g/mol. The molecule has 0 saturated carbocycles. The Hall–Kier alpha value is -3.07. The van der Waals surface area contributed by atoms with Crippen LogP contribution < -0.4 is 10.3 Å². The van der Waals surface area contributed by atoms with E-state index in [2.05, 4.69) is 4.72 Å². The van der Waals surface area contributed by atoms with Crippen LogP contribution in [-0.4, -0.2) is 13.0 Å². The highest BCUT2D eigenvalue weighted by Gasteiger charge is 2.36. The van der Waals surface area contributed by atoms with E-state index in [9.17, 15) is 26.4 Å². The maximum atomic E-state index is 13.1. The van der Waals surface area contributed by atoms with Crippen molar-refractivity contribution in [3.05, 3.63) is 94.4 Å². The standard InChI is InChI=1S/C19H15F3N2O3S/c20-19(21,22)16-5-1-2-6-17(16)28(26,27)23-15-10-8-14(9-11-15)13-24-12-4-3-7-18(24)25/h1-12,23H,13H2. The number of aromatic nitrogens is 1. The van der Waals surface area contributed by atoms with E-state index < -0.39 is 26.7 Å². The number of nitrogens with zero attached hydrogens (tertiary/aromatic N) is 1. The molecule has 1 heterocycles. The number of halogens is 3. The van der Waals surface area contributed by atoms with E-state index in [4.69, 9.17) is 0 Å². The summed E-state index contributed by atoms with van der Waals surface area (Å²) in [6.07, 6.45) is -3.18. The van der Waals surface area contributed by atoms with E-state index in [0.717, 1.165) is 23.8 Å². The van der Waals surface area contributed by atoms with E-state index >= 15 is 0 Å². The molecule has 0 saturated heterocycles. The van der Waals surface area contributed by atoms with Gasteiger partial charge in [-0.2, -0.15) is 13.2 Å². The third kappa shape index (κ3) is 4.42. The highest BCUT2D eigenvalue weighted by atomic mass is 32.2. The quantitative estimate of drug-likeness (QED) is 0.700. The fraction of sp³-hybridized carbons (Fsp3) is 0.105. The first-order valence-electron chi connectivity index (χ1n) is 8.10. The zero-order valence-corrected chi connectivity index (χ0v) is 15.2. The predicted octanol–water partition coefficient (Wildman–Crippen LogP) is 3.72. The number of hydrogen-bond donors (Lipinski definition) is 1. The summed E-state index contributed by atoms with van der Waals surface area (Å²) in [5.41, 5.74) is -0.577. The second-order valence-corrected chi connectivity index (χ2v) is 7.61. The van der Waals surface area contributed by atoms with Crippen LogP contribution in [0.1, 0.15) is 11.1 Å². The molecule has 3 aromatic rings. The first kappa shape index (κ1) is 19.7. The van der Waals surface area contributed by atoms with Crippen LogP contribution in [0.15, 0.2) is 82.6 Å². The van der Waals surface area contributed by atoms with Crippen LogP contribution in [0.25, 0.3) is 0 Å². The van der Waals surface area contributed by atoms with Crippen LogP contribution in [0, 0.1) is 0 Å². The molecule has 0 atom stereocenters. The number of sulfonamides is 1. The zero-order chi connectivity index (χ0) is 20.4. The molecule has 1 N–H and O–H groups in total. The van der Waals surface area contributed by atoms with Crippen LogP contribution in [-0.2, 0) is 22.7 Å². The van der Waals surface area contributed by atoms with Crippen molar-refractivity contribution in [2.75, 3.05) is 4.72 Å². The minimum atomic E-state index is -4.79. The van der Waals surface area contributed by atoms with Gasteiger partial charge in [0.2, 0.25) is 0 Å². The summed E-state index contributed by atoms with van der Waals surface area (Å²) in [6.45, 7) is 0.281. The molecule has 0 aliphatic heterocycles. The molecule has 0 aliphatic carbocycles. The third-order valence-corrected chi connectivity index (χ3v) is 5.38. The Labute approximate surface area is 159 Å². The van der Waals surface area contributed by atoms with Gasteiger partial charge in [-0.3, -0.25) is 9.52 Å². The summed E-state index contributed by atoms with van der Waals surface area (Å²) >= 11 is 0. The molecule has 146 valence electrons. The topological polar surface area (TPSA) is 68.2 Å². The molecule has 0 aliphatic rings. The number of alkyl halides is 3. The van der Waals surface area contributed by atoms with Gasteiger partial charge in [-0.05, 0) is 35.9 Å². The number of rotatable bonds is 5. The van der Waals surface area contributed by atoms with E-state index in [0.29, 0.717) is 0 Å². The van der Waals surface area contributed by atoms with Crippen molar-refractivity contribution in [3.8, 4) is 0 Å². The van der Waals surface area contributed by atoms with Crippen LogP contribution in [0.3, 0.4) is 0 Å². The molecule has 28 heavy (non-hydrogen) atoms. The van der Waals surface area contributed by atoms with E-state index in [1.807, 2.05) is 0 Å². The second kappa shape index (κ2) is 7.51. The summed E-state index contributed by atoms with van der Waals surface area (Å²) in [4.78, 5) is 10.9. The fourth-order valence-corrected chi connectivity index (χ4v) is 3.90. The largest absolute Gasteiger partial charge is 0.417 e. The number of hydrogen-bond acceptors (Lipinski definition) is 3. The Morgan fingerprint density at radius 2 is 1.54 bits per heavy atom. The SMILES string of the molecule is O=c1ccccn1Cc1ccc(NS(=O)(=O)c2ccccc2C(F)(F)F)cc1. The van der Waals surface area contributed by atoms with Crippen LogP contribution in [0.4, 0.5) is 18.9 Å². The number of nitrogens with one attached hydrogen (secondary N) is 1. The molecule has 0 unspecified atom stereocenters. The highest BCUT2D eigenvalue weighted by Crippen LogP contribution is 2.34. The van der Waals surface area contributed by atoms with Crippen molar-refractivity contribution in [2.24, 2.45) is 0 Å². The third-order valence-electron chi connectivity index (χ3n) is 3.94. The van der Waals surface area contributed by atoms with Crippen molar-refractivity contribution in [1.82, 2.24) is 4.57 Å². The van der Waals surface area contributed by atoms with Gasteiger partial charge in [0, 0.05) is 18.0 Å². The van der Waals surface area contributed by atoms with Gasteiger partial charge in [-0.1, -0.05) is 30.3 Å². The van der Waals surface area contributed by atoms with Crippen LogP contribution in [0.2, 0.25) is 0 Å². The number of benzene rings is 2. The molecule has 2 aromatic carbocycles. The number of pyridine rings is 1. The smallest absolute Gasteiger partial charge is 0.311 e. The van der Waals surface area contributed by atoms with Gasteiger partial charge in [-0.25, -0.2) is 8.42 Å². The van der Waals surface area contributed by atoms with Gasteiger partial charge in [0.05, 0.1) is 17.0 Å². The Balaban J connectivity index is 1.83. The summed E-state index contributed by atoms with van der Waals surface area (Å²) < 4.78 is 67.8. The van der Waals surface area contributed by atoms with Gasteiger partial charge in [0.15, 0.2) is 0 Å². The molecule has 1 aromatic heterocycles. The van der Waals surface area contributed by atoms with Crippen LogP contribution >= 0.6 is 0 Å². The average molecular weight is 408 g/mol. The van der Waals surface area contributed by atoms with Gasteiger partial charge in [-0.15, -0.1) is 0 Å². The van der Waals surface area contributed by atoms with E-state index in [1.54, 1.807) is 30.5 Å². The van der Waals surface area contributed by atoms with Crippen LogP contribution in [0.5, 0.6) is 0 Å². The lowest BCUT2D eigenvalue weighted by Crippen LogP contribution is -2.19. The van der Waals surface area contributed by atoms with Gasteiger partial charge in [0.25, 0.3) is 15.6 Å². The molecule has 0 fully saturated rings. The molecule has 3 rings (SSSR count). The summed E-state index contributed by atoms with van der Waals surface area (Å²) in [7, 11) is -4.43. The molecule has 0 amide bonds. The summed E-state index contributed by atoms with van der Waals surface area (Å²) in [5.74, 6) is 0. The van der Waals surface area contributed by atoms with Gasteiger partial charge < -0.3 is 4.57 Å². The summed E-state index contributed by atoms with van der Waals surface area (Å²) in [6, 6.07) is 14.8. The van der Waals surface area contributed by atoms with Crippen molar-refractivity contribution < 1.29 is 21.6 Å². The maximum Gasteiger partial charge on any atom is 0.417 e. The van der Waals surface area contributed by atoms with Crippen molar-refractivity contribution in [2.45, 2.75) is 17.6 Å². The van der Waals surface area contributed by atoms with Gasteiger partial charge >= 0.3 is 6.18 Å². The molecule has 5 nitrogen and oxygen atoms in total. The monoisotopic (exact) mass is 408 g/mol. The molecule has 9 heteroatoms. The minimum absolute atomic E-state index is 0.112. The zero-order valence-electron chi connectivity index (χ0n) is 14.3. The predicted molar refractivity (Wildman–Crippen MR) is 98.5 cm³/mol. The molecule has 0 bridgehead atoms. The van der Waals surface area contributed by atoms with E-state index in [-0.39, 0.29) is 17.8 Å². The molecule has 0 spiro atoms. The first-order valence-corrected chi connectivity index (χ1v) is 9.58. The Kier molecular flexibility index (Phi) is 5.28. The second-order valence-electron chi connectivity index (χ2n) is 5.96. The Morgan fingerprint density at radius 1 is 0.893 bits per heavy atom. The lowest BCUT2D eigenvalue weighted by atomic mass is 10.2.